The van der Waals surface area contributed by atoms with Crippen LogP contribution in [0.25, 0.3) is 0 Å². The van der Waals surface area contributed by atoms with Crippen molar-refractivity contribution in [2.24, 2.45) is 5.10 Å². The van der Waals surface area contributed by atoms with Gasteiger partial charge in [0, 0.05) is 6.54 Å². The number of hydrazone groups is 1. The molecule has 0 atom stereocenters. The van der Waals surface area contributed by atoms with Crippen molar-refractivity contribution in [1.29, 1.82) is 0 Å². The summed E-state index contributed by atoms with van der Waals surface area (Å²) in [4.78, 5) is 22.4. The highest BCUT2D eigenvalue weighted by molar-refractivity contribution is 5.90. The number of urea groups is 1. The first-order valence-corrected chi connectivity index (χ1v) is 5.48. The van der Waals surface area contributed by atoms with Crippen molar-refractivity contribution in [3.8, 4) is 0 Å². The Morgan fingerprint density at radius 1 is 1.44 bits per heavy atom. The van der Waals surface area contributed by atoms with E-state index < -0.39 is 0 Å². The molecule has 0 spiro atoms. The van der Waals surface area contributed by atoms with E-state index in [4.69, 9.17) is 0 Å². The van der Waals surface area contributed by atoms with Gasteiger partial charge in [0.2, 0.25) is 0 Å². The largest absolute Gasteiger partial charge is 0.465 e. The number of carbonyl (C=O) groups excluding carboxylic acids is 2. The number of esters is 1. The second-order valence-electron chi connectivity index (χ2n) is 3.71. The number of rotatable bonds is 3. The summed E-state index contributed by atoms with van der Waals surface area (Å²) in [5.74, 6) is -0.377. The van der Waals surface area contributed by atoms with Gasteiger partial charge in [-0.1, -0.05) is 12.1 Å². The molecular weight excluding hydrogens is 234 g/mol. The molecule has 1 aliphatic heterocycles. The fourth-order valence-electron chi connectivity index (χ4n) is 1.53. The molecule has 1 fully saturated rings. The van der Waals surface area contributed by atoms with Crippen molar-refractivity contribution in [2.45, 2.75) is 0 Å². The van der Waals surface area contributed by atoms with Crippen LogP contribution in [0.4, 0.5) is 4.79 Å². The van der Waals surface area contributed by atoms with Crippen LogP contribution in [0, 0.1) is 0 Å². The highest BCUT2D eigenvalue weighted by Gasteiger charge is 2.17. The molecule has 0 aliphatic carbocycles. The van der Waals surface area contributed by atoms with E-state index in [1.807, 2.05) is 0 Å². The lowest BCUT2D eigenvalue weighted by Gasteiger charge is -2.05. The zero-order chi connectivity index (χ0) is 13.0. The summed E-state index contributed by atoms with van der Waals surface area (Å²) < 4.78 is 4.60. The third kappa shape index (κ3) is 2.65. The molecule has 0 bridgehead atoms. The molecule has 6 heteroatoms. The maximum atomic E-state index is 11.2. The van der Waals surface area contributed by atoms with Crippen molar-refractivity contribution in [3.63, 3.8) is 0 Å². The van der Waals surface area contributed by atoms with E-state index in [-0.39, 0.29) is 12.0 Å². The summed E-state index contributed by atoms with van der Waals surface area (Å²) in [5.41, 5.74) is 1.29. The summed E-state index contributed by atoms with van der Waals surface area (Å²) in [5, 5.41) is 8.05. The minimum Gasteiger partial charge on any atom is -0.465 e. The van der Waals surface area contributed by atoms with Gasteiger partial charge < -0.3 is 10.1 Å². The molecule has 0 saturated carbocycles. The van der Waals surface area contributed by atoms with Gasteiger partial charge in [0.1, 0.15) is 0 Å². The summed E-state index contributed by atoms with van der Waals surface area (Å²) in [6, 6.07) is 6.58. The van der Waals surface area contributed by atoms with Crippen LogP contribution < -0.4 is 5.32 Å². The number of hydrogen-bond donors (Lipinski definition) is 1. The molecule has 0 aromatic heterocycles. The van der Waals surface area contributed by atoms with Crippen molar-refractivity contribution < 1.29 is 14.3 Å². The van der Waals surface area contributed by atoms with Crippen LogP contribution in [0.3, 0.4) is 0 Å². The summed E-state index contributed by atoms with van der Waals surface area (Å²) in [6.07, 6.45) is 1.58. The molecule has 1 saturated heterocycles. The number of ether oxygens (including phenoxy) is 1. The van der Waals surface area contributed by atoms with E-state index in [0.717, 1.165) is 5.56 Å². The first-order chi connectivity index (χ1) is 8.70. The van der Waals surface area contributed by atoms with Gasteiger partial charge >= 0.3 is 12.0 Å². The van der Waals surface area contributed by atoms with E-state index in [9.17, 15) is 9.59 Å². The molecule has 1 aromatic rings. The average molecular weight is 247 g/mol. The summed E-state index contributed by atoms with van der Waals surface area (Å²) in [6.45, 7) is 1.17. The average Bonchev–Trinajstić information content (AvgIpc) is 2.81. The van der Waals surface area contributed by atoms with Gasteiger partial charge in [0.25, 0.3) is 0 Å². The Morgan fingerprint density at radius 2 is 2.17 bits per heavy atom. The van der Waals surface area contributed by atoms with E-state index in [2.05, 4.69) is 15.2 Å². The molecule has 2 rings (SSSR count). The molecule has 1 aromatic carbocycles. The van der Waals surface area contributed by atoms with Crippen LogP contribution >= 0.6 is 0 Å². The lowest BCUT2D eigenvalue weighted by molar-refractivity contribution is 0.0600. The number of nitrogens with one attached hydrogen (secondary N) is 1. The van der Waals surface area contributed by atoms with Crippen LogP contribution in [-0.4, -0.2) is 43.4 Å². The van der Waals surface area contributed by atoms with E-state index in [1.165, 1.54) is 12.1 Å². The lowest BCUT2D eigenvalue weighted by atomic mass is 10.1. The third-order valence-corrected chi connectivity index (χ3v) is 2.51. The van der Waals surface area contributed by atoms with Crippen molar-refractivity contribution in [2.75, 3.05) is 20.2 Å². The first-order valence-electron chi connectivity index (χ1n) is 5.48. The molecule has 6 nitrogen and oxygen atoms in total. The van der Waals surface area contributed by atoms with Crippen molar-refractivity contribution >= 4 is 18.2 Å². The van der Waals surface area contributed by atoms with Gasteiger partial charge in [0.15, 0.2) is 0 Å². The zero-order valence-corrected chi connectivity index (χ0v) is 9.92. The molecular formula is C12H13N3O3. The monoisotopic (exact) mass is 247 g/mol. The predicted molar refractivity (Wildman–Crippen MR) is 65.5 cm³/mol. The molecule has 2 amide bonds. The van der Waals surface area contributed by atoms with Gasteiger partial charge in [-0.2, -0.15) is 5.10 Å². The van der Waals surface area contributed by atoms with Crippen LogP contribution in [0.5, 0.6) is 0 Å². The van der Waals surface area contributed by atoms with Gasteiger partial charge in [-0.3, -0.25) is 0 Å². The second-order valence-corrected chi connectivity index (χ2v) is 3.71. The third-order valence-electron chi connectivity index (χ3n) is 2.51. The van der Waals surface area contributed by atoms with E-state index in [0.29, 0.717) is 18.7 Å². The highest BCUT2D eigenvalue weighted by Crippen LogP contribution is 2.05. The number of amides is 2. The van der Waals surface area contributed by atoms with Gasteiger partial charge in [-0.15, -0.1) is 0 Å². The first kappa shape index (κ1) is 12.1. The molecule has 1 heterocycles. The quantitative estimate of drug-likeness (QED) is 0.635. The fraction of sp³-hybridized carbons (Fsp3) is 0.250. The molecule has 1 N–H and O–H groups in total. The highest BCUT2D eigenvalue weighted by atomic mass is 16.5. The minimum atomic E-state index is -0.377. The van der Waals surface area contributed by atoms with Crippen LogP contribution in [0.1, 0.15) is 15.9 Å². The van der Waals surface area contributed by atoms with Crippen molar-refractivity contribution in [3.05, 3.63) is 35.4 Å². The Morgan fingerprint density at radius 3 is 2.72 bits per heavy atom. The second kappa shape index (κ2) is 5.31. The van der Waals surface area contributed by atoms with Gasteiger partial charge in [-0.25, -0.2) is 14.6 Å². The number of nitrogens with zero attached hydrogens (tertiary/aromatic N) is 2. The predicted octanol–water partition coefficient (Wildman–Crippen LogP) is 0.832. The Labute approximate surface area is 104 Å². The summed E-state index contributed by atoms with van der Waals surface area (Å²) in [7, 11) is 1.34. The molecule has 94 valence electrons. The number of benzene rings is 1. The lowest BCUT2D eigenvalue weighted by Crippen LogP contribution is -2.23. The maximum absolute atomic E-state index is 11.2. The van der Waals surface area contributed by atoms with E-state index >= 15 is 0 Å². The Hall–Kier alpha value is -2.37. The Kier molecular flexibility index (Phi) is 3.57. The number of carbonyl (C=O) groups is 2. The fourth-order valence-corrected chi connectivity index (χ4v) is 1.53. The van der Waals surface area contributed by atoms with Crippen molar-refractivity contribution in [1.82, 2.24) is 10.3 Å². The van der Waals surface area contributed by atoms with Gasteiger partial charge in [0.05, 0.1) is 25.4 Å². The molecule has 0 radical (unpaired) electrons. The number of hydrogen-bond acceptors (Lipinski definition) is 4. The Bertz CT molecular complexity index is 482. The normalized spacial score (nSPS) is 14.9. The molecule has 1 aliphatic rings. The maximum Gasteiger partial charge on any atom is 0.337 e. The standard InChI is InChI=1S/C12H13N3O3/c1-18-11(16)10-4-2-9(3-5-10)8-14-15-7-6-13-12(15)17/h2-5,8H,6-7H2,1H3,(H,13,17). The topological polar surface area (TPSA) is 71.0 Å². The van der Waals surface area contributed by atoms with Crippen LogP contribution in [0.2, 0.25) is 0 Å². The summed E-state index contributed by atoms with van der Waals surface area (Å²) >= 11 is 0. The SMILES string of the molecule is COC(=O)c1ccc(C=NN2CCNC2=O)cc1. The Balaban J connectivity index is 2.04. The minimum absolute atomic E-state index is 0.197. The molecule has 0 unspecified atom stereocenters. The van der Waals surface area contributed by atoms with Crippen LogP contribution in [-0.2, 0) is 4.74 Å². The molecule has 18 heavy (non-hydrogen) atoms. The number of methoxy groups -OCH3 is 1. The zero-order valence-electron chi connectivity index (χ0n) is 9.92. The van der Waals surface area contributed by atoms with E-state index in [1.54, 1.807) is 30.5 Å². The smallest absolute Gasteiger partial charge is 0.337 e. The van der Waals surface area contributed by atoms with Crippen LogP contribution in [0.15, 0.2) is 29.4 Å². The van der Waals surface area contributed by atoms with Gasteiger partial charge in [-0.05, 0) is 17.7 Å².